The van der Waals surface area contributed by atoms with Crippen LogP contribution in [0.3, 0.4) is 0 Å². The van der Waals surface area contributed by atoms with E-state index in [0.29, 0.717) is 6.42 Å². The van der Waals surface area contributed by atoms with Crippen LogP contribution in [0.1, 0.15) is 16.1 Å². The van der Waals surface area contributed by atoms with E-state index in [1.807, 2.05) is 54.6 Å². The second kappa shape index (κ2) is 7.44. The number of fused-ring (bicyclic) bond motifs is 1. The van der Waals surface area contributed by atoms with Crippen molar-refractivity contribution in [2.75, 3.05) is 0 Å². The Bertz CT molecular complexity index is 943. The molecule has 0 fully saturated rings. The molecule has 2 aromatic carbocycles. The molecule has 0 aliphatic heterocycles. The third kappa shape index (κ3) is 4.03. The Balaban J connectivity index is 1.80. The Morgan fingerprint density at radius 3 is 2.52 bits per heavy atom. The van der Waals surface area contributed by atoms with Crippen molar-refractivity contribution in [3.8, 4) is 0 Å². The largest absolute Gasteiger partial charge is 0.368 e. The van der Waals surface area contributed by atoms with E-state index in [2.05, 4.69) is 26.2 Å². The van der Waals surface area contributed by atoms with E-state index >= 15 is 0 Å². The van der Waals surface area contributed by atoms with E-state index in [-0.39, 0.29) is 5.69 Å². The van der Waals surface area contributed by atoms with Gasteiger partial charge < -0.3 is 11.1 Å². The van der Waals surface area contributed by atoms with Crippen molar-refractivity contribution in [3.05, 3.63) is 76.4 Å². The monoisotopic (exact) mass is 397 g/mol. The minimum absolute atomic E-state index is 0.247. The fourth-order valence-corrected chi connectivity index (χ4v) is 2.98. The normalized spacial score (nSPS) is 11.9. The molecule has 1 atom stereocenters. The third-order valence-corrected chi connectivity index (χ3v) is 4.64. The molecule has 0 bridgehead atoms. The standard InChI is InChI=1S/C19H16BrN3O2/c20-14-7-3-1-6-13(14)11-17(18(21)24)23-19(25)16-10-9-12-5-2-4-8-15(12)22-16/h1-10,17H,11H2,(H2,21,24)(H,23,25)/t17-/m0/s1. The highest BCUT2D eigenvalue weighted by molar-refractivity contribution is 9.10. The lowest BCUT2D eigenvalue weighted by Gasteiger charge is -2.16. The van der Waals surface area contributed by atoms with E-state index < -0.39 is 17.9 Å². The molecule has 0 radical (unpaired) electrons. The number of primary amides is 1. The van der Waals surface area contributed by atoms with E-state index in [1.165, 1.54) is 0 Å². The highest BCUT2D eigenvalue weighted by Crippen LogP contribution is 2.18. The molecule has 0 saturated heterocycles. The summed E-state index contributed by atoms with van der Waals surface area (Å²) in [6.07, 6.45) is 0.302. The van der Waals surface area contributed by atoms with Gasteiger partial charge in [-0.2, -0.15) is 0 Å². The number of halogens is 1. The highest BCUT2D eigenvalue weighted by atomic mass is 79.9. The van der Waals surface area contributed by atoms with E-state index in [1.54, 1.807) is 6.07 Å². The molecule has 0 aliphatic rings. The first kappa shape index (κ1) is 17.1. The van der Waals surface area contributed by atoms with Crippen molar-refractivity contribution < 1.29 is 9.59 Å². The molecule has 1 heterocycles. The maximum absolute atomic E-state index is 12.5. The summed E-state index contributed by atoms with van der Waals surface area (Å²) in [5.41, 5.74) is 7.32. The maximum atomic E-state index is 12.5. The van der Waals surface area contributed by atoms with Gasteiger partial charge in [-0.1, -0.05) is 58.4 Å². The summed E-state index contributed by atoms with van der Waals surface area (Å²) in [4.78, 5) is 28.6. The van der Waals surface area contributed by atoms with Gasteiger partial charge in [-0.25, -0.2) is 4.98 Å². The fourth-order valence-electron chi connectivity index (χ4n) is 2.53. The van der Waals surface area contributed by atoms with Crippen LogP contribution >= 0.6 is 15.9 Å². The number of para-hydroxylation sites is 1. The number of benzene rings is 2. The molecule has 0 spiro atoms. The Morgan fingerprint density at radius 2 is 1.76 bits per heavy atom. The van der Waals surface area contributed by atoms with Crippen LogP contribution < -0.4 is 11.1 Å². The number of aromatic nitrogens is 1. The van der Waals surface area contributed by atoms with Crippen LogP contribution in [0.4, 0.5) is 0 Å². The summed E-state index contributed by atoms with van der Waals surface area (Å²) in [7, 11) is 0. The Labute approximate surface area is 153 Å². The first-order chi connectivity index (χ1) is 12.0. The van der Waals surface area contributed by atoms with E-state index in [4.69, 9.17) is 5.73 Å². The van der Waals surface area contributed by atoms with Crippen LogP contribution in [0.25, 0.3) is 10.9 Å². The number of hydrogen-bond donors (Lipinski definition) is 2. The van der Waals surface area contributed by atoms with Crippen LogP contribution in [0.5, 0.6) is 0 Å². The number of carbonyl (C=O) groups is 2. The molecular formula is C19H16BrN3O2. The number of hydrogen-bond acceptors (Lipinski definition) is 3. The molecule has 126 valence electrons. The van der Waals surface area contributed by atoms with Crippen molar-refractivity contribution >= 4 is 38.6 Å². The summed E-state index contributed by atoms with van der Waals surface area (Å²) in [6.45, 7) is 0. The molecule has 3 rings (SSSR count). The maximum Gasteiger partial charge on any atom is 0.270 e. The van der Waals surface area contributed by atoms with Gasteiger partial charge in [0.25, 0.3) is 5.91 Å². The molecule has 6 heteroatoms. The molecule has 5 nitrogen and oxygen atoms in total. The van der Waals surface area contributed by atoms with Gasteiger partial charge in [0.15, 0.2) is 0 Å². The number of amides is 2. The number of nitrogens with zero attached hydrogens (tertiary/aromatic N) is 1. The number of carbonyl (C=O) groups excluding carboxylic acids is 2. The van der Waals surface area contributed by atoms with E-state index in [9.17, 15) is 9.59 Å². The van der Waals surface area contributed by atoms with E-state index in [0.717, 1.165) is 20.9 Å². The van der Waals surface area contributed by atoms with Gasteiger partial charge in [0.1, 0.15) is 11.7 Å². The van der Waals surface area contributed by atoms with Crippen molar-refractivity contribution in [3.63, 3.8) is 0 Å². The lowest BCUT2D eigenvalue weighted by Crippen LogP contribution is -2.46. The molecule has 1 aromatic heterocycles. The second-order valence-electron chi connectivity index (χ2n) is 5.61. The smallest absolute Gasteiger partial charge is 0.270 e. The first-order valence-electron chi connectivity index (χ1n) is 7.74. The zero-order valence-corrected chi connectivity index (χ0v) is 14.9. The summed E-state index contributed by atoms with van der Waals surface area (Å²) in [5, 5.41) is 3.62. The summed E-state index contributed by atoms with van der Waals surface area (Å²) in [5.74, 6) is -1.02. The quantitative estimate of drug-likeness (QED) is 0.693. The summed E-state index contributed by atoms with van der Waals surface area (Å²) < 4.78 is 0.860. The van der Waals surface area contributed by atoms with Gasteiger partial charge in [-0.3, -0.25) is 9.59 Å². The molecule has 0 saturated carbocycles. The van der Waals surface area contributed by atoms with Gasteiger partial charge >= 0.3 is 0 Å². The molecule has 25 heavy (non-hydrogen) atoms. The first-order valence-corrected chi connectivity index (χ1v) is 8.53. The number of pyridine rings is 1. The van der Waals surface area contributed by atoms with Crippen molar-refractivity contribution in [1.82, 2.24) is 10.3 Å². The average Bonchev–Trinajstić information content (AvgIpc) is 2.62. The molecule has 0 aliphatic carbocycles. The van der Waals surface area contributed by atoms with Crippen LogP contribution in [0.2, 0.25) is 0 Å². The van der Waals surface area contributed by atoms with Gasteiger partial charge in [-0.15, -0.1) is 0 Å². The predicted molar refractivity (Wildman–Crippen MR) is 100 cm³/mol. The molecule has 3 aromatic rings. The van der Waals surface area contributed by atoms with Crippen LogP contribution in [0.15, 0.2) is 65.1 Å². The Morgan fingerprint density at radius 1 is 1.04 bits per heavy atom. The zero-order valence-electron chi connectivity index (χ0n) is 13.3. The van der Waals surface area contributed by atoms with Crippen molar-refractivity contribution in [2.24, 2.45) is 5.73 Å². The summed E-state index contributed by atoms with van der Waals surface area (Å²) >= 11 is 3.44. The summed E-state index contributed by atoms with van der Waals surface area (Å²) in [6, 6.07) is 17.6. The van der Waals surface area contributed by atoms with Gasteiger partial charge in [0.05, 0.1) is 5.52 Å². The second-order valence-corrected chi connectivity index (χ2v) is 6.47. The minimum Gasteiger partial charge on any atom is -0.368 e. The lowest BCUT2D eigenvalue weighted by atomic mass is 10.1. The molecule has 0 unspecified atom stereocenters. The Kier molecular flexibility index (Phi) is 5.09. The minimum atomic E-state index is -0.820. The number of rotatable bonds is 5. The fraction of sp³-hybridized carbons (Fsp3) is 0.105. The predicted octanol–water partition coefficient (Wildman–Crippen LogP) is 2.82. The van der Waals surface area contributed by atoms with Crippen LogP contribution in [0, 0.1) is 0 Å². The Hall–Kier alpha value is -2.73. The number of nitrogens with two attached hydrogens (primary N) is 1. The number of nitrogens with one attached hydrogen (secondary N) is 1. The van der Waals surface area contributed by atoms with Gasteiger partial charge in [-0.05, 0) is 23.8 Å². The topological polar surface area (TPSA) is 85.1 Å². The van der Waals surface area contributed by atoms with Gasteiger partial charge in [0.2, 0.25) is 5.91 Å². The van der Waals surface area contributed by atoms with Crippen molar-refractivity contribution in [2.45, 2.75) is 12.5 Å². The highest BCUT2D eigenvalue weighted by Gasteiger charge is 2.21. The molecule has 2 amide bonds. The molecular weight excluding hydrogens is 382 g/mol. The third-order valence-electron chi connectivity index (χ3n) is 3.86. The zero-order chi connectivity index (χ0) is 17.8. The van der Waals surface area contributed by atoms with Crippen LogP contribution in [-0.2, 0) is 11.2 Å². The molecule has 3 N–H and O–H groups in total. The average molecular weight is 398 g/mol. The van der Waals surface area contributed by atoms with Crippen molar-refractivity contribution in [1.29, 1.82) is 0 Å². The van der Waals surface area contributed by atoms with Crippen LogP contribution in [-0.4, -0.2) is 22.8 Å². The lowest BCUT2D eigenvalue weighted by molar-refractivity contribution is -0.119. The SMILES string of the molecule is NC(=O)[C@H](Cc1ccccc1Br)NC(=O)c1ccc2ccccc2n1. The van der Waals surface area contributed by atoms with Gasteiger partial charge in [0, 0.05) is 16.3 Å².